The molecule has 0 aliphatic carbocycles. The number of furan rings is 1. The van der Waals surface area contributed by atoms with Gasteiger partial charge in [0.2, 0.25) is 5.91 Å². The molecule has 0 unspecified atom stereocenters. The van der Waals surface area contributed by atoms with Crippen molar-refractivity contribution in [3.63, 3.8) is 0 Å². The van der Waals surface area contributed by atoms with E-state index < -0.39 is 17.7 Å². The molecule has 2 aromatic rings. The number of rotatable bonds is 7. The van der Waals surface area contributed by atoms with E-state index in [4.69, 9.17) is 9.15 Å². The zero-order valence-corrected chi connectivity index (χ0v) is 14.7. The van der Waals surface area contributed by atoms with Crippen molar-refractivity contribution < 1.29 is 18.7 Å². The molecule has 0 spiro atoms. The average Bonchev–Trinajstić information content (AvgIpc) is 3.17. The largest absolute Gasteiger partial charge is 0.469 e. The number of hydrogen-bond donors (Lipinski definition) is 3. The number of alkyl carbamates (subject to hydrolysis) is 1. The minimum atomic E-state index is -0.771. The summed E-state index contributed by atoms with van der Waals surface area (Å²) in [5.41, 5.74) is 0.0977. The van der Waals surface area contributed by atoms with Crippen LogP contribution in [0.5, 0.6) is 0 Å². The summed E-state index contributed by atoms with van der Waals surface area (Å²) in [6.45, 7) is 5.70. The fourth-order valence-corrected chi connectivity index (χ4v) is 2.16. The molecular formula is C17H24N4O4. The highest BCUT2D eigenvalue weighted by molar-refractivity contribution is 5.85. The molecule has 0 fully saturated rings. The van der Waals surface area contributed by atoms with Gasteiger partial charge in [-0.1, -0.05) is 0 Å². The summed E-state index contributed by atoms with van der Waals surface area (Å²) in [4.78, 5) is 24.5. The number of H-pyrrole nitrogens is 1. The van der Waals surface area contributed by atoms with Crippen molar-refractivity contribution in [1.82, 2.24) is 20.8 Å². The maximum Gasteiger partial charge on any atom is 0.408 e. The van der Waals surface area contributed by atoms with E-state index in [1.807, 2.05) is 6.07 Å². The topological polar surface area (TPSA) is 109 Å². The second kappa shape index (κ2) is 8.36. The van der Waals surface area contributed by atoms with E-state index in [0.29, 0.717) is 13.0 Å². The zero-order valence-electron chi connectivity index (χ0n) is 14.7. The van der Waals surface area contributed by atoms with Crippen LogP contribution < -0.4 is 10.6 Å². The molecule has 2 aromatic heterocycles. The normalized spacial score (nSPS) is 12.4. The van der Waals surface area contributed by atoms with Crippen LogP contribution in [0.1, 0.15) is 32.2 Å². The molecular weight excluding hydrogens is 324 g/mol. The lowest BCUT2D eigenvalue weighted by Gasteiger charge is -2.23. The highest BCUT2D eigenvalue weighted by Crippen LogP contribution is 2.08. The van der Waals surface area contributed by atoms with Crippen LogP contribution in [-0.2, 0) is 22.4 Å². The third-order valence-corrected chi connectivity index (χ3v) is 3.24. The monoisotopic (exact) mass is 348 g/mol. The first-order chi connectivity index (χ1) is 11.8. The maximum atomic E-state index is 12.5. The number of hydrogen-bond acceptors (Lipinski definition) is 5. The van der Waals surface area contributed by atoms with Crippen LogP contribution >= 0.6 is 0 Å². The summed E-state index contributed by atoms with van der Waals surface area (Å²) in [7, 11) is 0. The molecule has 8 nitrogen and oxygen atoms in total. The summed E-state index contributed by atoms with van der Waals surface area (Å²) in [6, 6.07) is 4.61. The predicted octanol–water partition coefficient (Wildman–Crippen LogP) is 1.80. The molecule has 0 saturated carbocycles. The minimum Gasteiger partial charge on any atom is -0.469 e. The molecule has 0 saturated heterocycles. The van der Waals surface area contributed by atoms with Crippen LogP contribution in [0.4, 0.5) is 4.79 Å². The number of nitrogens with zero attached hydrogens (tertiary/aromatic N) is 1. The summed E-state index contributed by atoms with van der Waals surface area (Å²) in [6.07, 6.45) is 3.39. The van der Waals surface area contributed by atoms with Crippen molar-refractivity contribution in [2.24, 2.45) is 0 Å². The standard InChI is InChI=1S/C17H24N4O4/c1-17(2,3)25-16(23)20-14(11-12-6-9-19-21-12)15(22)18-8-7-13-5-4-10-24-13/h4-6,9-10,14H,7-8,11H2,1-3H3,(H,18,22)(H,19,21)(H,20,23)/t14-/m0/s1. The van der Waals surface area contributed by atoms with Gasteiger partial charge in [0.25, 0.3) is 0 Å². The number of nitrogens with one attached hydrogen (secondary N) is 3. The second-order valence-electron chi connectivity index (χ2n) is 6.61. The Hall–Kier alpha value is -2.77. The lowest BCUT2D eigenvalue weighted by atomic mass is 10.1. The van der Waals surface area contributed by atoms with Gasteiger partial charge < -0.3 is 19.8 Å². The van der Waals surface area contributed by atoms with Gasteiger partial charge >= 0.3 is 6.09 Å². The van der Waals surface area contributed by atoms with Gasteiger partial charge in [-0.05, 0) is 39.0 Å². The van der Waals surface area contributed by atoms with Crippen LogP contribution in [-0.4, -0.2) is 40.4 Å². The summed E-state index contributed by atoms with van der Waals surface area (Å²) in [5, 5.41) is 12.1. The Morgan fingerprint density at radius 1 is 1.36 bits per heavy atom. The Bertz CT molecular complexity index is 659. The number of aromatic amines is 1. The van der Waals surface area contributed by atoms with Crippen molar-refractivity contribution in [1.29, 1.82) is 0 Å². The number of ether oxygens (including phenoxy) is 1. The van der Waals surface area contributed by atoms with Crippen molar-refractivity contribution >= 4 is 12.0 Å². The van der Waals surface area contributed by atoms with Crippen molar-refractivity contribution in [2.45, 2.75) is 45.3 Å². The van der Waals surface area contributed by atoms with Gasteiger partial charge in [-0.15, -0.1) is 0 Å². The van der Waals surface area contributed by atoms with Gasteiger partial charge in [0.1, 0.15) is 17.4 Å². The molecule has 2 rings (SSSR count). The molecule has 0 aliphatic rings. The van der Waals surface area contributed by atoms with Crippen molar-refractivity contribution in [3.8, 4) is 0 Å². The fraction of sp³-hybridized carbons (Fsp3) is 0.471. The van der Waals surface area contributed by atoms with Gasteiger partial charge in [0, 0.05) is 31.3 Å². The van der Waals surface area contributed by atoms with E-state index in [0.717, 1.165) is 11.5 Å². The molecule has 0 aliphatic heterocycles. The molecule has 136 valence electrons. The quantitative estimate of drug-likeness (QED) is 0.707. The molecule has 2 heterocycles. The highest BCUT2D eigenvalue weighted by Gasteiger charge is 2.25. The third-order valence-electron chi connectivity index (χ3n) is 3.24. The minimum absolute atomic E-state index is 0.284. The molecule has 2 amide bonds. The Kier molecular flexibility index (Phi) is 6.21. The average molecular weight is 348 g/mol. The summed E-state index contributed by atoms with van der Waals surface area (Å²) in [5.74, 6) is 0.484. The number of carbonyl (C=O) groups is 2. The van der Waals surface area contributed by atoms with Crippen molar-refractivity contribution in [2.75, 3.05) is 6.54 Å². The Morgan fingerprint density at radius 2 is 2.16 bits per heavy atom. The number of amides is 2. The van der Waals surface area contributed by atoms with Crippen LogP contribution in [0.25, 0.3) is 0 Å². The van der Waals surface area contributed by atoms with Gasteiger partial charge in [-0.25, -0.2) is 4.79 Å². The lowest BCUT2D eigenvalue weighted by Crippen LogP contribution is -2.49. The van der Waals surface area contributed by atoms with Gasteiger partial charge in [-0.3, -0.25) is 9.89 Å². The summed E-state index contributed by atoms with van der Waals surface area (Å²) < 4.78 is 10.5. The number of aromatic nitrogens is 2. The molecule has 3 N–H and O–H groups in total. The zero-order chi connectivity index (χ0) is 18.3. The fourth-order valence-electron chi connectivity index (χ4n) is 2.16. The van der Waals surface area contributed by atoms with Crippen LogP contribution in [0, 0.1) is 0 Å². The first kappa shape index (κ1) is 18.6. The van der Waals surface area contributed by atoms with Crippen LogP contribution in [0.15, 0.2) is 35.1 Å². The Morgan fingerprint density at radius 3 is 2.76 bits per heavy atom. The molecule has 1 atom stereocenters. The first-order valence-corrected chi connectivity index (χ1v) is 8.11. The smallest absolute Gasteiger partial charge is 0.408 e. The van der Waals surface area contributed by atoms with E-state index in [-0.39, 0.29) is 12.3 Å². The first-order valence-electron chi connectivity index (χ1n) is 8.11. The van der Waals surface area contributed by atoms with E-state index in [1.54, 1.807) is 45.4 Å². The molecule has 0 bridgehead atoms. The SMILES string of the molecule is CC(C)(C)OC(=O)N[C@@H](Cc1ccn[nH]1)C(=O)NCCc1ccco1. The number of carbonyl (C=O) groups excluding carboxylic acids is 2. The second-order valence-corrected chi connectivity index (χ2v) is 6.61. The van der Waals surface area contributed by atoms with Gasteiger partial charge in [0.05, 0.1) is 6.26 Å². The van der Waals surface area contributed by atoms with Crippen LogP contribution in [0.3, 0.4) is 0 Å². The van der Waals surface area contributed by atoms with Gasteiger partial charge in [-0.2, -0.15) is 5.10 Å². The van der Waals surface area contributed by atoms with E-state index >= 15 is 0 Å². The Balaban J connectivity index is 1.92. The van der Waals surface area contributed by atoms with Crippen molar-refractivity contribution in [3.05, 3.63) is 42.1 Å². The third kappa shape index (κ3) is 6.70. The molecule has 25 heavy (non-hydrogen) atoms. The van der Waals surface area contributed by atoms with E-state index in [9.17, 15) is 9.59 Å². The maximum absolute atomic E-state index is 12.5. The molecule has 8 heteroatoms. The summed E-state index contributed by atoms with van der Waals surface area (Å²) >= 11 is 0. The molecule has 0 radical (unpaired) electrons. The van der Waals surface area contributed by atoms with E-state index in [2.05, 4.69) is 20.8 Å². The predicted molar refractivity (Wildman–Crippen MR) is 90.9 cm³/mol. The Labute approximate surface area is 146 Å². The van der Waals surface area contributed by atoms with E-state index in [1.165, 1.54) is 0 Å². The molecule has 0 aromatic carbocycles. The highest BCUT2D eigenvalue weighted by atomic mass is 16.6. The van der Waals surface area contributed by atoms with Gasteiger partial charge in [0.15, 0.2) is 0 Å². The van der Waals surface area contributed by atoms with Crippen LogP contribution in [0.2, 0.25) is 0 Å². The lowest BCUT2D eigenvalue weighted by molar-refractivity contribution is -0.123.